The van der Waals surface area contributed by atoms with Gasteiger partial charge in [-0.05, 0) is 17.7 Å². The Morgan fingerprint density at radius 2 is 1.73 bits per heavy atom. The summed E-state index contributed by atoms with van der Waals surface area (Å²) >= 11 is 0. The third kappa shape index (κ3) is 7.88. The highest BCUT2D eigenvalue weighted by Gasteiger charge is 2.49. The molecular weight excluding hydrogens is 736 g/mol. The molecule has 6 rings (SSSR count). The summed E-state index contributed by atoms with van der Waals surface area (Å²) in [6.07, 6.45) is -7.26. The molecule has 5 heterocycles. The lowest BCUT2D eigenvalue weighted by molar-refractivity contribution is -0.765. The first-order chi connectivity index (χ1) is 24.7. The Balaban J connectivity index is 1.04. The van der Waals surface area contributed by atoms with Crippen molar-refractivity contribution < 1.29 is 71.5 Å². The van der Waals surface area contributed by atoms with Crippen LogP contribution in [0.25, 0.3) is 21.6 Å². The maximum Gasteiger partial charge on any atom is 0.478 e. The van der Waals surface area contributed by atoms with E-state index in [1.165, 1.54) is 64.3 Å². The quantitative estimate of drug-likeness (QED) is 0.0248. The molecule has 4 aromatic rings. The fourth-order valence-corrected chi connectivity index (χ4v) is 7.54. The van der Waals surface area contributed by atoms with Crippen LogP contribution in [0, 0.1) is 0 Å². The second-order valence-corrected chi connectivity index (χ2v) is 14.4. The van der Waals surface area contributed by atoms with Crippen molar-refractivity contribution in [2.24, 2.45) is 5.11 Å². The molecule has 276 valence electrons. The first kappa shape index (κ1) is 37.5. The smallest absolute Gasteiger partial charge is 0.478 e. The van der Waals surface area contributed by atoms with Gasteiger partial charge in [0.05, 0.1) is 25.1 Å². The number of carbonyl (C=O) groups excluding carboxylic acids is 1. The molecule has 23 nitrogen and oxygen atoms in total. The largest absolute Gasteiger partial charge is 0.756 e. The molecule has 25 heteroatoms. The van der Waals surface area contributed by atoms with Gasteiger partial charge in [0.15, 0.2) is 42.0 Å². The maximum atomic E-state index is 13.1. The van der Waals surface area contributed by atoms with Gasteiger partial charge in [-0.2, -0.15) is 4.57 Å². The van der Waals surface area contributed by atoms with Crippen molar-refractivity contribution in [1.82, 2.24) is 19.5 Å². The topological polar surface area (TPSA) is 344 Å². The van der Waals surface area contributed by atoms with Crippen molar-refractivity contribution >= 4 is 44.1 Å². The van der Waals surface area contributed by atoms with Gasteiger partial charge in [0.25, 0.3) is 14.1 Å². The van der Waals surface area contributed by atoms with Gasteiger partial charge >= 0.3 is 7.82 Å². The predicted octanol–water partition coefficient (Wildman–Crippen LogP) is -0.574. The predicted molar refractivity (Wildman–Crippen MR) is 167 cm³/mol. The van der Waals surface area contributed by atoms with Crippen LogP contribution < -0.4 is 15.2 Å². The molecule has 2 fully saturated rings. The number of rotatable bonds is 13. The van der Waals surface area contributed by atoms with Crippen molar-refractivity contribution in [2.75, 3.05) is 18.9 Å². The number of carbonyl (C=O) groups is 1. The number of imidazole rings is 1. The Morgan fingerprint density at radius 1 is 1.02 bits per heavy atom. The lowest BCUT2D eigenvalue weighted by atomic mass is 10.0. The minimum absolute atomic E-state index is 0.0370. The molecule has 7 N–H and O–H groups in total. The van der Waals surface area contributed by atoms with E-state index in [0.29, 0.717) is 0 Å². The molecule has 0 amide bonds. The Kier molecular flexibility index (Phi) is 10.8. The normalized spacial score (nSPS) is 28.3. The number of ether oxygens (including phenoxy) is 2. The number of anilines is 1. The van der Waals surface area contributed by atoms with Gasteiger partial charge < -0.3 is 49.9 Å². The van der Waals surface area contributed by atoms with Crippen LogP contribution in [0.15, 0.2) is 66.6 Å². The summed E-state index contributed by atoms with van der Waals surface area (Å²) in [6, 6.07) is 8.81. The molecule has 10 atom stereocenters. The molecule has 1 aromatic carbocycles. The lowest BCUT2D eigenvalue weighted by Gasteiger charge is -2.26. The van der Waals surface area contributed by atoms with Crippen molar-refractivity contribution in [1.29, 1.82) is 0 Å². The minimum Gasteiger partial charge on any atom is -0.756 e. The summed E-state index contributed by atoms with van der Waals surface area (Å²) in [5.41, 5.74) is 15.3. The van der Waals surface area contributed by atoms with E-state index in [1.807, 2.05) is 0 Å². The number of fused-ring (bicyclic) bond motifs is 1. The highest BCUT2D eigenvalue weighted by atomic mass is 31.3. The zero-order valence-corrected chi connectivity index (χ0v) is 28.1. The molecule has 3 aromatic heterocycles. The molecule has 2 aliphatic heterocycles. The highest BCUT2D eigenvalue weighted by Crippen LogP contribution is 2.58. The molecule has 2 saturated heterocycles. The van der Waals surface area contributed by atoms with Crippen LogP contribution >= 0.6 is 15.6 Å². The number of nitrogen functional groups attached to an aromatic ring is 1. The van der Waals surface area contributed by atoms with Gasteiger partial charge in [0, 0.05) is 22.2 Å². The Morgan fingerprint density at radius 3 is 2.50 bits per heavy atom. The summed E-state index contributed by atoms with van der Waals surface area (Å²) in [6.45, 7) is -1.94. The number of aromatic nitrogens is 5. The van der Waals surface area contributed by atoms with Gasteiger partial charge in [0.1, 0.15) is 42.4 Å². The monoisotopic (exact) mass is 765 g/mol. The van der Waals surface area contributed by atoms with E-state index in [0.717, 1.165) is 6.33 Å². The molecular formula is C27H29N9O14P2. The molecule has 52 heavy (non-hydrogen) atoms. The van der Waals surface area contributed by atoms with E-state index < -0.39 is 83.7 Å². The highest BCUT2D eigenvalue weighted by molar-refractivity contribution is 7.60. The number of aliphatic hydroxyl groups excluding tert-OH is 4. The van der Waals surface area contributed by atoms with Gasteiger partial charge in [-0.25, -0.2) is 23.8 Å². The standard InChI is InChI=1S/C27H29N9O14P2/c28-24-18-25(31-11-30-24)36(12-32-18)27-23(41)21(39)17(49-27)10-47-52(44,45)50-51(42,43)46-9-16-20(38)22(40)26(48-16)35-6-2-4-14(8-35)19(37)13-3-1-5-15(7-13)33-34-29/h1-8,11-12,16-17,20-23,26-27,38-41H,9-10H2,(H3-,28,30,31,42,43,44,45)/t16-,17-,20-,21-,22-,23-,26-,27-/m1/s1. The van der Waals surface area contributed by atoms with Crippen LogP contribution in [-0.4, -0.2) is 100 Å². The molecule has 0 bridgehead atoms. The summed E-state index contributed by atoms with van der Waals surface area (Å²) in [5.74, 6) is -0.440. The second kappa shape index (κ2) is 15.0. The van der Waals surface area contributed by atoms with E-state index in [9.17, 15) is 44.1 Å². The SMILES string of the molecule is [N-]=[N+]=Nc1cccc(C(=O)c2ccc[n+]([C@@H]3O[C@H](COP(=O)([O-])OP(=O)(O)OC[C@H]4O[C@@H](n5cnc6c(N)ncnc65)[C@H](O)[C@@H]4O)[C@@H](O)[C@H]3O)c2)c1. The number of nitrogens with two attached hydrogens (primary N) is 1. The number of nitrogens with zero attached hydrogens (tertiary/aromatic N) is 8. The van der Waals surface area contributed by atoms with Crippen molar-refractivity contribution in [3.8, 4) is 0 Å². The van der Waals surface area contributed by atoms with Gasteiger partial charge in [-0.1, -0.05) is 23.3 Å². The third-order valence-corrected chi connectivity index (χ3v) is 10.6. The van der Waals surface area contributed by atoms with Crippen LogP contribution in [0.4, 0.5) is 11.5 Å². The number of phosphoric ester groups is 2. The summed E-state index contributed by atoms with van der Waals surface area (Å²) in [5, 5.41) is 45.7. The zero-order valence-electron chi connectivity index (χ0n) is 26.3. The molecule has 0 saturated carbocycles. The second-order valence-electron chi connectivity index (χ2n) is 11.4. The van der Waals surface area contributed by atoms with Crippen LogP contribution in [0.1, 0.15) is 28.4 Å². The lowest BCUT2D eigenvalue weighted by Crippen LogP contribution is -2.46. The van der Waals surface area contributed by atoms with Gasteiger partial charge in [-0.15, -0.1) is 0 Å². The summed E-state index contributed by atoms with van der Waals surface area (Å²) < 4.78 is 52.2. The molecule has 2 aliphatic rings. The van der Waals surface area contributed by atoms with Crippen LogP contribution in [0.5, 0.6) is 0 Å². The summed E-state index contributed by atoms with van der Waals surface area (Å²) in [4.78, 5) is 50.2. The Hall–Kier alpha value is -4.28. The van der Waals surface area contributed by atoms with E-state index in [-0.39, 0.29) is 33.8 Å². The van der Waals surface area contributed by atoms with Gasteiger partial charge in [0.2, 0.25) is 0 Å². The average molecular weight is 766 g/mol. The van der Waals surface area contributed by atoms with E-state index in [2.05, 4.69) is 33.8 Å². The van der Waals surface area contributed by atoms with E-state index >= 15 is 0 Å². The average Bonchev–Trinajstić information content (AvgIpc) is 3.76. The number of hydrogen-bond donors (Lipinski definition) is 6. The van der Waals surface area contributed by atoms with Crippen LogP contribution in [-0.2, 0) is 32.0 Å². The number of ketones is 1. The number of phosphoric acid groups is 2. The minimum atomic E-state index is -5.67. The van der Waals surface area contributed by atoms with Crippen molar-refractivity contribution in [3.05, 3.63) is 83.0 Å². The van der Waals surface area contributed by atoms with Crippen molar-refractivity contribution in [3.63, 3.8) is 0 Å². The first-order valence-electron chi connectivity index (χ1n) is 15.0. The number of benzene rings is 1. The van der Waals surface area contributed by atoms with E-state index in [4.69, 9.17) is 25.3 Å². The number of pyridine rings is 1. The fourth-order valence-electron chi connectivity index (χ4n) is 5.49. The molecule has 0 aliphatic carbocycles. The maximum absolute atomic E-state index is 13.1. The first-order valence-corrected chi connectivity index (χ1v) is 17.9. The van der Waals surface area contributed by atoms with Crippen LogP contribution in [0.3, 0.4) is 0 Å². The Labute approximate surface area is 291 Å². The summed E-state index contributed by atoms with van der Waals surface area (Å²) in [7, 11) is -11.2. The van der Waals surface area contributed by atoms with Gasteiger partial charge in [-0.3, -0.25) is 18.5 Å². The fraction of sp³-hybridized carbons (Fsp3) is 0.370. The molecule has 0 radical (unpaired) electrons. The number of hydrogen-bond acceptors (Lipinski definition) is 18. The van der Waals surface area contributed by atoms with E-state index in [1.54, 1.807) is 0 Å². The molecule has 0 spiro atoms. The molecule has 2 unspecified atom stereocenters. The zero-order chi connectivity index (χ0) is 37.4. The number of aliphatic hydroxyl groups is 4. The van der Waals surface area contributed by atoms with Crippen LogP contribution in [0.2, 0.25) is 0 Å². The number of azide groups is 1. The Bertz CT molecular complexity index is 2120. The third-order valence-electron chi connectivity index (χ3n) is 7.98. The van der Waals surface area contributed by atoms with Crippen molar-refractivity contribution in [2.45, 2.75) is 49.1 Å².